The van der Waals surface area contributed by atoms with Crippen LogP contribution in [0.25, 0.3) is 33.5 Å². The summed E-state index contributed by atoms with van der Waals surface area (Å²) in [6, 6.07) is 20.0. The van der Waals surface area contributed by atoms with Crippen molar-refractivity contribution < 1.29 is 18.7 Å². The summed E-state index contributed by atoms with van der Waals surface area (Å²) in [5.74, 6) is 0.681. The molecular formula is C27H19Br2N3O5. The molecule has 0 saturated carbocycles. The van der Waals surface area contributed by atoms with Crippen LogP contribution in [0.5, 0.6) is 5.75 Å². The first kappa shape index (κ1) is 24.9. The van der Waals surface area contributed by atoms with E-state index >= 15 is 0 Å². The molecule has 0 amide bonds. The number of carbonyl (C=O) groups excluding carboxylic acids is 1. The van der Waals surface area contributed by atoms with Gasteiger partial charge in [-0.25, -0.2) is 9.78 Å². The zero-order chi connectivity index (χ0) is 25.9. The fourth-order valence-electron chi connectivity index (χ4n) is 3.73. The van der Waals surface area contributed by atoms with Gasteiger partial charge in [-0.3, -0.25) is 4.79 Å². The number of ether oxygens (including phenoxy) is 2. The highest BCUT2D eigenvalue weighted by atomic mass is 79.9. The second kappa shape index (κ2) is 10.7. The van der Waals surface area contributed by atoms with Gasteiger partial charge in [0.15, 0.2) is 12.4 Å². The number of esters is 1. The maximum Gasteiger partial charge on any atom is 0.344 e. The van der Waals surface area contributed by atoms with Crippen molar-refractivity contribution in [1.82, 2.24) is 9.66 Å². The van der Waals surface area contributed by atoms with E-state index in [1.807, 2.05) is 36.4 Å². The van der Waals surface area contributed by atoms with Gasteiger partial charge in [-0.05, 0) is 80.7 Å². The molecule has 0 N–H and O–H groups in total. The number of halogens is 2. The van der Waals surface area contributed by atoms with Crippen molar-refractivity contribution in [2.45, 2.75) is 6.92 Å². The fraction of sp³-hybridized carbons (Fsp3) is 0.111. The van der Waals surface area contributed by atoms with E-state index in [9.17, 15) is 9.59 Å². The molecule has 0 fully saturated rings. The Hall–Kier alpha value is -3.76. The molecule has 2 aromatic heterocycles. The first-order valence-electron chi connectivity index (χ1n) is 11.3. The van der Waals surface area contributed by atoms with E-state index in [2.05, 4.69) is 37.0 Å². The molecule has 2 heterocycles. The van der Waals surface area contributed by atoms with Gasteiger partial charge in [0.2, 0.25) is 5.82 Å². The molecule has 0 radical (unpaired) electrons. The van der Waals surface area contributed by atoms with E-state index in [0.717, 1.165) is 5.39 Å². The molecule has 0 aliphatic rings. The van der Waals surface area contributed by atoms with Crippen LogP contribution in [0.3, 0.4) is 0 Å². The SMILES string of the molecule is CCOC(=O)COc1c(Br)cc(C=Nn2c(-c3cc4ccccc4o3)nc3ccccc3c2=O)cc1Br. The molecule has 0 aliphatic carbocycles. The Morgan fingerprint density at radius 1 is 1.08 bits per heavy atom. The van der Waals surface area contributed by atoms with Gasteiger partial charge in [-0.2, -0.15) is 9.78 Å². The molecule has 3 aromatic carbocycles. The quantitative estimate of drug-likeness (QED) is 0.159. The number of benzene rings is 3. The minimum Gasteiger partial charge on any atom is -0.480 e. The first-order chi connectivity index (χ1) is 17.9. The molecule has 0 atom stereocenters. The molecule has 0 unspecified atom stereocenters. The normalized spacial score (nSPS) is 11.4. The van der Waals surface area contributed by atoms with Crippen LogP contribution < -0.4 is 10.3 Å². The molecule has 0 bridgehead atoms. The minimum absolute atomic E-state index is 0.225. The van der Waals surface area contributed by atoms with E-state index in [1.54, 1.807) is 37.3 Å². The van der Waals surface area contributed by atoms with Crippen molar-refractivity contribution in [2.75, 3.05) is 13.2 Å². The van der Waals surface area contributed by atoms with Gasteiger partial charge in [-0.1, -0.05) is 30.3 Å². The van der Waals surface area contributed by atoms with Gasteiger partial charge in [-0.15, -0.1) is 0 Å². The summed E-state index contributed by atoms with van der Waals surface area (Å²) in [5.41, 5.74) is 1.56. The third kappa shape index (κ3) is 5.21. The molecule has 5 aromatic rings. The smallest absolute Gasteiger partial charge is 0.344 e. The van der Waals surface area contributed by atoms with Crippen LogP contribution >= 0.6 is 31.9 Å². The van der Waals surface area contributed by atoms with Crippen molar-refractivity contribution in [3.63, 3.8) is 0 Å². The van der Waals surface area contributed by atoms with Crippen molar-refractivity contribution in [1.29, 1.82) is 0 Å². The number of rotatable bonds is 7. The van der Waals surface area contributed by atoms with E-state index in [1.165, 1.54) is 10.9 Å². The maximum atomic E-state index is 13.4. The lowest BCUT2D eigenvalue weighted by molar-refractivity contribution is -0.145. The maximum absolute atomic E-state index is 13.4. The standard InChI is InChI=1S/C27H19Br2N3O5/c1-2-35-24(33)15-36-25-19(28)11-16(12-20(25)29)14-30-32-26(23-13-17-7-3-6-10-22(17)37-23)31-21-9-5-4-8-18(21)27(32)34/h3-14H,2,15H2,1H3. The van der Waals surface area contributed by atoms with Crippen molar-refractivity contribution in [3.05, 3.63) is 91.6 Å². The Bertz CT molecular complexity index is 1670. The molecular weight excluding hydrogens is 606 g/mol. The molecule has 0 spiro atoms. The number of para-hydroxylation sites is 2. The lowest BCUT2D eigenvalue weighted by Gasteiger charge is -2.11. The van der Waals surface area contributed by atoms with E-state index in [-0.39, 0.29) is 24.6 Å². The average Bonchev–Trinajstić information content (AvgIpc) is 3.32. The summed E-state index contributed by atoms with van der Waals surface area (Å²) in [7, 11) is 0. The highest BCUT2D eigenvalue weighted by Crippen LogP contribution is 2.34. The topological polar surface area (TPSA) is 95.9 Å². The summed E-state index contributed by atoms with van der Waals surface area (Å²) in [4.78, 5) is 29.8. The van der Waals surface area contributed by atoms with Crippen LogP contribution in [-0.4, -0.2) is 35.1 Å². The molecule has 8 nitrogen and oxygen atoms in total. The Morgan fingerprint density at radius 3 is 2.57 bits per heavy atom. The minimum atomic E-state index is -0.465. The third-order valence-corrected chi connectivity index (χ3v) is 6.56. The number of carbonyl (C=O) groups is 1. The molecule has 0 saturated heterocycles. The van der Waals surface area contributed by atoms with E-state index < -0.39 is 5.97 Å². The van der Waals surface area contributed by atoms with Crippen LogP contribution in [-0.2, 0) is 9.53 Å². The predicted octanol–water partition coefficient (Wildman–Crippen LogP) is 6.16. The van der Waals surface area contributed by atoms with Crippen LogP contribution in [0, 0.1) is 0 Å². The lowest BCUT2D eigenvalue weighted by atomic mass is 10.2. The second-order valence-corrected chi connectivity index (χ2v) is 9.58. The third-order valence-electron chi connectivity index (χ3n) is 5.38. The number of hydrogen-bond acceptors (Lipinski definition) is 7. The van der Waals surface area contributed by atoms with E-state index in [4.69, 9.17) is 18.9 Å². The van der Waals surface area contributed by atoms with Crippen LogP contribution in [0.4, 0.5) is 0 Å². The van der Waals surface area contributed by atoms with Gasteiger partial charge in [0.1, 0.15) is 11.3 Å². The van der Waals surface area contributed by atoms with Crippen molar-refractivity contribution in [3.8, 4) is 17.3 Å². The molecule has 186 valence electrons. The summed E-state index contributed by atoms with van der Waals surface area (Å²) >= 11 is 6.93. The molecule has 10 heteroatoms. The Morgan fingerprint density at radius 2 is 1.81 bits per heavy atom. The Labute approximate surface area is 227 Å². The Kier molecular flexibility index (Phi) is 7.20. The largest absolute Gasteiger partial charge is 0.480 e. The zero-order valence-electron chi connectivity index (χ0n) is 19.5. The van der Waals surface area contributed by atoms with Crippen molar-refractivity contribution >= 4 is 65.9 Å². The number of fused-ring (bicyclic) bond motifs is 2. The van der Waals surface area contributed by atoms with Gasteiger partial charge >= 0.3 is 5.97 Å². The van der Waals surface area contributed by atoms with Crippen LogP contribution in [0.1, 0.15) is 12.5 Å². The van der Waals surface area contributed by atoms with Gasteiger partial charge in [0.05, 0.1) is 32.7 Å². The number of aromatic nitrogens is 2. The molecule has 5 rings (SSSR count). The second-order valence-electron chi connectivity index (χ2n) is 7.87. The number of furan rings is 1. The van der Waals surface area contributed by atoms with Gasteiger partial charge in [0.25, 0.3) is 5.56 Å². The highest BCUT2D eigenvalue weighted by Gasteiger charge is 2.17. The van der Waals surface area contributed by atoms with Crippen LogP contribution in [0.15, 0.2) is 90.0 Å². The highest BCUT2D eigenvalue weighted by molar-refractivity contribution is 9.11. The number of hydrogen-bond donors (Lipinski definition) is 0. The monoisotopic (exact) mass is 623 g/mol. The summed E-state index contributed by atoms with van der Waals surface area (Å²) < 4.78 is 18.9. The zero-order valence-corrected chi connectivity index (χ0v) is 22.7. The summed E-state index contributed by atoms with van der Waals surface area (Å²) in [6.45, 7) is 1.78. The lowest BCUT2D eigenvalue weighted by Crippen LogP contribution is -2.20. The summed E-state index contributed by atoms with van der Waals surface area (Å²) in [5, 5.41) is 5.81. The fourth-order valence-corrected chi connectivity index (χ4v) is 5.18. The van der Waals surface area contributed by atoms with Gasteiger partial charge in [0, 0.05) is 5.39 Å². The molecule has 37 heavy (non-hydrogen) atoms. The summed E-state index contributed by atoms with van der Waals surface area (Å²) in [6.07, 6.45) is 1.54. The van der Waals surface area contributed by atoms with Crippen LogP contribution in [0.2, 0.25) is 0 Å². The molecule has 0 aliphatic heterocycles. The first-order valence-corrected chi connectivity index (χ1v) is 12.9. The van der Waals surface area contributed by atoms with Crippen molar-refractivity contribution in [2.24, 2.45) is 5.10 Å². The average molecular weight is 625 g/mol. The van der Waals surface area contributed by atoms with Gasteiger partial charge < -0.3 is 13.9 Å². The predicted molar refractivity (Wildman–Crippen MR) is 148 cm³/mol. The Balaban J connectivity index is 1.55. The number of nitrogens with zero attached hydrogens (tertiary/aromatic N) is 3. The van der Waals surface area contributed by atoms with E-state index in [0.29, 0.717) is 42.5 Å².